The van der Waals surface area contributed by atoms with Gasteiger partial charge in [-0.15, -0.1) is 11.3 Å². The molecule has 1 aromatic heterocycles. The largest absolute Gasteiger partial charge is 0.354 e. The van der Waals surface area contributed by atoms with Crippen molar-refractivity contribution < 1.29 is 0 Å². The molecule has 0 aliphatic heterocycles. The molecular formula is C15H28N4S. The zero-order valence-corrected chi connectivity index (χ0v) is 14.4. The Hall–Kier alpha value is -1.10. The van der Waals surface area contributed by atoms with E-state index < -0.39 is 0 Å². The van der Waals surface area contributed by atoms with Crippen LogP contribution in [0, 0.1) is 12.3 Å². The lowest BCUT2D eigenvalue weighted by Gasteiger charge is -2.22. The lowest BCUT2D eigenvalue weighted by molar-refractivity contribution is 0.346. The summed E-state index contributed by atoms with van der Waals surface area (Å²) >= 11 is 1.72. The quantitative estimate of drug-likeness (QED) is 0.647. The van der Waals surface area contributed by atoms with E-state index in [1.165, 1.54) is 11.3 Å². The number of hydrogen-bond acceptors (Lipinski definition) is 3. The van der Waals surface area contributed by atoms with Gasteiger partial charge >= 0.3 is 0 Å². The molecule has 0 aliphatic rings. The van der Waals surface area contributed by atoms with Crippen molar-refractivity contribution in [2.24, 2.45) is 10.4 Å². The Kier molecular flexibility index (Phi) is 6.46. The second-order valence-corrected chi connectivity index (χ2v) is 7.75. The summed E-state index contributed by atoms with van der Waals surface area (Å²) in [4.78, 5) is 9.85. The van der Waals surface area contributed by atoms with Crippen LogP contribution < -0.4 is 10.6 Å². The third-order valence-electron chi connectivity index (χ3n) is 3.01. The minimum atomic E-state index is 0.380. The van der Waals surface area contributed by atoms with Crippen LogP contribution in [0.3, 0.4) is 0 Å². The van der Waals surface area contributed by atoms with E-state index in [0.29, 0.717) is 11.5 Å². The van der Waals surface area contributed by atoms with E-state index in [0.717, 1.165) is 23.9 Å². The standard InChI is InChI=1S/C15H28N4S/c1-11(7-8-15(3,4)5)19-14(16-6)18-10-13-17-9-12(2)20-13/h9,11H,7-8,10H2,1-6H3,(H2,16,18,19). The van der Waals surface area contributed by atoms with Gasteiger partial charge < -0.3 is 10.6 Å². The van der Waals surface area contributed by atoms with Crippen LogP contribution in [0.2, 0.25) is 0 Å². The number of nitrogens with zero attached hydrogens (tertiary/aromatic N) is 2. The number of aromatic nitrogens is 1. The van der Waals surface area contributed by atoms with Gasteiger partial charge in [0.2, 0.25) is 0 Å². The molecule has 114 valence electrons. The minimum Gasteiger partial charge on any atom is -0.354 e. The first-order valence-corrected chi connectivity index (χ1v) is 8.00. The molecule has 0 fully saturated rings. The average Bonchev–Trinajstić information content (AvgIpc) is 2.77. The molecule has 0 saturated heterocycles. The maximum absolute atomic E-state index is 4.34. The van der Waals surface area contributed by atoms with Crippen molar-refractivity contribution in [2.45, 2.75) is 60.0 Å². The second kappa shape index (κ2) is 7.62. The fraction of sp³-hybridized carbons (Fsp3) is 0.733. The molecule has 0 aromatic carbocycles. The van der Waals surface area contributed by atoms with E-state index in [2.05, 4.69) is 55.2 Å². The van der Waals surface area contributed by atoms with Gasteiger partial charge in [-0.25, -0.2) is 4.98 Å². The highest BCUT2D eigenvalue weighted by Gasteiger charge is 2.13. The van der Waals surface area contributed by atoms with Crippen LogP contribution in [-0.4, -0.2) is 24.0 Å². The van der Waals surface area contributed by atoms with Crippen molar-refractivity contribution in [2.75, 3.05) is 7.05 Å². The Labute approximate surface area is 127 Å². The normalized spacial score (nSPS) is 14.2. The van der Waals surface area contributed by atoms with Gasteiger partial charge in [0.05, 0.1) is 6.54 Å². The molecule has 2 N–H and O–H groups in total. The summed E-state index contributed by atoms with van der Waals surface area (Å²) < 4.78 is 0. The summed E-state index contributed by atoms with van der Waals surface area (Å²) in [7, 11) is 1.80. The third-order valence-corrected chi connectivity index (χ3v) is 3.92. The minimum absolute atomic E-state index is 0.380. The number of guanidine groups is 1. The van der Waals surface area contributed by atoms with Gasteiger partial charge in [-0.2, -0.15) is 0 Å². The topological polar surface area (TPSA) is 49.3 Å². The van der Waals surface area contributed by atoms with E-state index in [9.17, 15) is 0 Å². The number of thiazole rings is 1. The van der Waals surface area contributed by atoms with Gasteiger partial charge in [-0.1, -0.05) is 20.8 Å². The zero-order chi connectivity index (χ0) is 15.2. The van der Waals surface area contributed by atoms with Crippen LogP contribution in [0.4, 0.5) is 0 Å². The van der Waals surface area contributed by atoms with Crippen molar-refractivity contribution in [3.8, 4) is 0 Å². The fourth-order valence-corrected chi connectivity index (χ4v) is 2.52. The molecule has 1 atom stereocenters. The van der Waals surface area contributed by atoms with Gasteiger partial charge in [0.15, 0.2) is 5.96 Å². The molecule has 0 bridgehead atoms. The lowest BCUT2D eigenvalue weighted by atomic mass is 9.89. The SMILES string of the molecule is CN=C(NCc1ncc(C)s1)NC(C)CCC(C)(C)C. The Morgan fingerprint density at radius 2 is 2.15 bits per heavy atom. The van der Waals surface area contributed by atoms with Gasteiger partial charge in [-0.3, -0.25) is 4.99 Å². The summed E-state index contributed by atoms with van der Waals surface area (Å²) in [6.45, 7) is 11.8. The van der Waals surface area contributed by atoms with Crippen LogP contribution in [0.5, 0.6) is 0 Å². The van der Waals surface area contributed by atoms with E-state index in [4.69, 9.17) is 0 Å². The van der Waals surface area contributed by atoms with E-state index in [1.807, 2.05) is 6.20 Å². The fourth-order valence-electron chi connectivity index (χ4n) is 1.79. The summed E-state index contributed by atoms with van der Waals surface area (Å²) in [5.41, 5.74) is 0.380. The average molecular weight is 296 g/mol. The predicted molar refractivity (Wildman–Crippen MR) is 88.3 cm³/mol. The molecule has 0 spiro atoms. The van der Waals surface area contributed by atoms with Gasteiger partial charge in [0, 0.05) is 24.2 Å². The molecule has 0 radical (unpaired) electrons. The number of aliphatic imine (C=N–C) groups is 1. The first kappa shape index (κ1) is 17.0. The van der Waals surface area contributed by atoms with Crippen molar-refractivity contribution in [1.29, 1.82) is 0 Å². The molecular weight excluding hydrogens is 268 g/mol. The second-order valence-electron chi connectivity index (χ2n) is 6.44. The molecule has 0 saturated carbocycles. The van der Waals surface area contributed by atoms with E-state index in [-0.39, 0.29) is 0 Å². The van der Waals surface area contributed by atoms with Crippen LogP contribution in [0.15, 0.2) is 11.2 Å². The van der Waals surface area contributed by atoms with Crippen molar-refractivity contribution in [1.82, 2.24) is 15.6 Å². The number of rotatable bonds is 5. The van der Waals surface area contributed by atoms with Crippen molar-refractivity contribution >= 4 is 17.3 Å². The summed E-state index contributed by atoms with van der Waals surface area (Å²) in [6.07, 6.45) is 4.24. The van der Waals surface area contributed by atoms with Crippen molar-refractivity contribution in [3.05, 3.63) is 16.1 Å². The van der Waals surface area contributed by atoms with Crippen LogP contribution in [0.25, 0.3) is 0 Å². The van der Waals surface area contributed by atoms with E-state index in [1.54, 1.807) is 18.4 Å². The highest BCUT2D eigenvalue weighted by Crippen LogP contribution is 2.21. The zero-order valence-electron chi connectivity index (χ0n) is 13.6. The molecule has 1 aromatic rings. The number of nitrogens with one attached hydrogen (secondary N) is 2. The molecule has 0 aliphatic carbocycles. The smallest absolute Gasteiger partial charge is 0.191 e. The summed E-state index contributed by atoms with van der Waals surface area (Å²) in [6, 6.07) is 0.415. The molecule has 1 rings (SSSR count). The number of aryl methyl sites for hydroxylation is 1. The van der Waals surface area contributed by atoms with Crippen LogP contribution >= 0.6 is 11.3 Å². The maximum Gasteiger partial charge on any atom is 0.191 e. The molecule has 20 heavy (non-hydrogen) atoms. The Morgan fingerprint density at radius 1 is 1.45 bits per heavy atom. The first-order valence-electron chi connectivity index (χ1n) is 7.18. The first-order chi connectivity index (χ1) is 9.30. The van der Waals surface area contributed by atoms with Gasteiger partial charge in [0.25, 0.3) is 0 Å². The molecule has 5 heteroatoms. The number of hydrogen-bond donors (Lipinski definition) is 2. The third kappa shape index (κ3) is 6.89. The summed E-state index contributed by atoms with van der Waals surface area (Å²) in [5.74, 6) is 0.847. The Morgan fingerprint density at radius 3 is 2.65 bits per heavy atom. The molecule has 0 amide bonds. The highest BCUT2D eigenvalue weighted by molar-refractivity contribution is 7.11. The summed E-state index contributed by atoms with van der Waals surface area (Å²) in [5, 5.41) is 7.84. The maximum atomic E-state index is 4.34. The monoisotopic (exact) mass is 296 g/mol. The predicted octanol–water partition coefficient (Wildman–Crippen LogP) is 3.33. The van der Waals surface area contributed by atoms with E-state index >= 15 is 0 Å². The van der Waals surface area contributed by atoms with Crippen molar-refractivity contribution in [3.63, 3.8) is 0 Å². The van der Waals surface area contributed by atoms with Crippen LogP contribution in [-0.2, 0) is 6.54 Å². The highest BCUT2D eigenvalue weighted by atomic mass is 32.1. The Balaban J connectivity index is 2.36. The lowest BCUT2D eigenvalue weighted by Crippen LogP contribution is -2.42. The molecule has 1 heterocycles. The van der Waals surface area contributed by atoms with Gasteiger partial charge in [0.1, 0.15) is 5.01 Å². The van der Waals surface area contributed by atoms with Crippen LogP contribution in [0.1, 0.15) is 50.4 Å². The van der Waals surface area contributed by atoms with Gasteiger partial charge in [-0.05, 0) is 32.1 Å². The molecule has 4 nitrogen and oxygen atoms in total. The Bertz CT molecular complexity index is 431. The molecule has 1 unspecified atom stereocenters.